The summed E-state index contributed by atoms with van der Waals surface area (Å²) in [4.78, 5) is 15.5. The van der Waals surface area contributed by atoms with Crippen LogP contribution in [0.5, 0.6) is 11.5 Å². The second kappa shape index (κ2) is 8.88. The number of rotatable bonds is 4. The molecule has 0 saturated carbocycles. The predicted octanol–water partition coefficient (Wildman–Crippen LogP) is 5.18. The fraction of sp³-hybridized carbons (Fsp3) is 0.259. The average molecular weight is 569 g/mol. The third-order valence-electron chi connectivity index (χ3n) is 7.29. The average Bonchev–Trinajstić information content (AvgIpc) is 3.65. The molecule has 14 heteroatoms. The number of nitrogens with zero attached hydrogens (tertiary/aromatic N) is 6. The molecule has 41 heavy (non-hydrogen) atoms. The van der Waals surface area contributed by atoms with Gasteiger partial charge in [0.15, 0.2) is 23.0 Å². The lowest BCUT2D eigenvalue weighted by Crippen LogP contribution is -2.26. The fourth-order valence-corrected chi connectivity index (χ4v) is 5.41. The second-order valence-corrected chi connectivity index (χ2v) is 9.90. The topological polar surface area (TPSA) is 104 Å². The zero-order valence-electron chi connectivity index (χ0n) is 21.1. The Hall–Kier alpha value is -4.75. The Morgan fingerprint density at radius 3 is 2.61 bits per heavy atom. The fourth-order valence-electron chi connectivity index (χ4n) is 5.41. The summed E-state index contributed by atoms with van der Waals surface area (Å²) in [5.41, 5.74) is 7.51. The Labute approximate surface area is 228 Å². The summed E-state index contributed by atoms with van der Waals surface area (Å²) in [5.74, 6) is 0.738. The summed E-state index contributed by atoms with van der Waals surface area (Å²) >= 11 is 0. The van der Waals surface area contributed by atoms with Crippen LogP contribution in [0.25, 0.3) is 16.6 Å². The van der Waals surface area contributed by atoms with Gasteiger partial charge in [-0.25, -0.2) is 15.0 Å². The first-order valence-corrected chi connectivity index (χ1v) is 12.7. The van der Waals surface area contributed by atoms with Gasteiger partial charge in [-0.3, -0.25) is 0 Å². The van der Waals surface area contributed by atoms with E-state index in [-0.39, 0.29) is 35.3 Å². The zero-order chi connectivity index (χ0) is 28.5. The van der Waals surface area contributed by atoms with Gasteiger partial charge in [-0.2, -0.15) is 17.7 Å². The second-order valence-electron chi connectivity index (χ2n) is 9.90. The van der Waals surface area contributed by atoms with E-state index in [0.717, 1.165) is 35.5 Å². The van der Waals surface area contributed by atoms with E-state index >= 15 is 0 Å². The number of alkyl halides is 5. The molecule has 2 aromatic carbocycles. The monoisotopic (exact) mass is 569 g/mol. The van der Waals surface area contributed by atoms with Crippen molar-refractivity contribution in [3.63, 3.8) is 0 Å². The Morgan fingerprint density at radius 1 is 1.02 bits per heavy atom. The van der Waals surface area contributed by atoms with Gasteiger partial charge in [0.25, 0.3) is 0 Å². The number of benzene rings is 2. The first kappa shape index (κ1) is 25.2. The van der Waals surface area contributed by atoms with Crippen LogP contribution in [-0.2, 0) is 12.6 Å². The quantitative estimate of drug-likeness (QED) is 0.296. The van der Waals surface area contributed by atoms with Gasteiger partial charge in [-0.05, 0) is 42.3 Å². The van der Waals surface area contributed by atoms with Gasteiger partial charge in [0.2, 0.25) is 5.95 Å². The molecule has 2 aliphatic heterocycles. The van der Waals surface area contributed by atoms with E-state index in [4.69, 9.17) is 5.73 Å². The van der Waals surface area contributed by atoms with Crippen LogP contribution in [0.3, 0.4) is 0 Å². The van der Waals surface area contributed by atoms with Crippen LogP contribution in [0.2, 0.25) is 0 Å². The van der Waals surface area contributed by atoms with E-state index in [1.54, 1.807) is 18.3 Å². The Bertz CT molecular complexity index is 1810. The molecule has 5 aromatic rings. The Kier molecular flexibility index (Phi) is 5.46. The van der Waals surface area contributed by atoms with Gasteiger partial charge in [0.1, 0.15) is 11.3 Å². The number of halogens is 5. The Morgan fingerprint density at radius 2 is 1.83 bits per heavy atom. The normalized spacial score (nSPS) is 18.1. The number of hydrogen-bond donors (Lipinski definition) is 1. The molecule has 2 aliphatic rings. The molecule has 1 fully saturated rings. The first-order valence-electron chi connectivity index (χ1n) is 12.7. The highest BCUT2D eigenvalue weighted by molar-refractivity contribution is 5.97. The van der Waals surface area contributed by atoms with Crippen molar-refractivity contribution >= 4 is 28.3 Å². The molecule has 7 rings (SSSR count). The van der Waals surface area contributed by atoms with Crippen LogP contribution in [0.1, 0.15) is 34.9 Å². The van der Waals surface area contributed by atoms with Crippen LogP contribution in [0, 0.1) is 0 Å². The SMILES string of the molecule is Nc1nc2c3c(ccc2c2nc(Cc4cccnc4N4CCC(c5ccc(C(F)(F)F)cc5)C4)nn12)OC(F)(F)O3. The first-order chi connectivity index (χ1) is 19.6. The minimum Gasteiger partial charge on any atom is -0.395 e. The molecule has 0 amide bonds. The van der Waals surface area contributed by atoms with Crippen LogP contribution < -0.4 is 20.1 Å². The molecule has 1 atom stereocenters. The lowest BCUT2D eigenvalue weighted by Gasteiger charge is -2.20. The molecule has 3 aromatic heterocycles. The smallest absolute Gasteiger partial charge is 0.395 e. The highest BCUT2D eigenvalue weighted by atomic mass is 19.4. The highest BCUT2D eigenvalue weighted by Crippen LogP contribution is 2.45. The van der Waals surface area contributed by atoms with Crippen molar-refractivity contribution in [1.82, 2.24) is 24.6 Å². The maximum Gasteiger partial charge on any atom is 0.586 e. The number of hydrogen-bond acceptors (Lipinski definition) is 8. The van der Waals surface area contributed by atoms with Crippen molar-refractivity contribution in [3.8, 4) is 11.5 Å². The van der Waals surface area contributed by atoms with Crippen molar-refractivity contribution in [2.75, 3.05) is 23.7 Å². The minimum atomic E-state index is -4.38. The lowest BCUT2D eigenvalue weighted by atomic mass is 9.97. The number of nitrogens with two attached hydrogens (primary N) is 1. The van der Waals surface area contributed by atoms with Crippen LogP contribution >= 0.6 is 0 Å². The molecule has 5 heterocycles. The van der Waals surface area contributed by atoms with E-state index in [9.17, 15) is 22.0 Å². The molecule has 2 N–H and O–H groups in total. The third-order valence-corrected chi connectivity index (χ3v) is 7.29. The van der Waals surface area contributed by atoms with Crippen molar-refractivity contribution < 1.29 is 31.4 Å². The van der Waals surface area contributed by atoms with Gasteiger partial charge in [0, 0.05) is 42.6 Å². The van der Waals surface area contributed by atoms with Crippen LogP contribution in [0.4, 0.5) is 33.7 Å². The maximum absolute atomic E-state index is 13.7. The summed E-state index contributed by atoms with van der Waals surface area (Å²) in [7, 11) is 0. The summed E-state index contributed by atoms with van der Waals surface area (Å²) in [6, 6.07) is 11.9. The number of pyridine rings is 1. The standard InChI is InChI=1S/C27H20F5N7O2/c28-26(29,30)17-5-3-14(4-6-17)16-9-11-38(13-16)23-15(2-1-10-34-23)12-20-35-24-18-7-8-19-22(41-27(31,32)40-19)21(18)36-25(33)39(24)37-20/h1-8,10,16H,9,11-13H2,(H2,33,36). The van der Waals surface area contributed by atoms with Crippen LogP contribution in [0.15, 0.2) is 54.7 Å². The van der Waals surface area contributed by atoms with E-state index in [1.807, 2.05) is 6.07 Å². The van der Waals surface area contributed by atoms with E-state index < -0.39 is 18.0 Å². The summed E-state index contributed by atoms with van der Waals surface area (Å²) in [6.45, 7) is 1.26. The van der Waals surface area contributed by atoms with E-state index in [0.29, 0.717) is 29.9 Å². The molecule has 0 bridgehead atoms. The molecule has 9 nitrogen and oxygen atoms in total. The van der Waals surface area contributed by atoms with E-state index in [2.05, 4.69) is 34.4 Å². The maximum atomic E-state index is 13.7. The van der Waals surface area contributed by atoms with E-state index in [1.165, 1.54) is 22.7 Å². The van der Waals surface area contributed by atoms with Gasteiger partial charge >= 0.3 is 12.5 Å². The number of anilines is 2. The highest BCUT2D eigenvalue weighted by Gasteiger charge is 2.45. The Balaban J connectivity index is 1.17. The number of ether oxygens (including phenoxy) is 2. The molecule has 0 radical (unpaired) electrons. The number of aromatic nitrogens is 5. The number of fused-ring (bicyclic) bond motifs is 5. The van der Waals surface area contributed by atoms with Crippen molar-refractivity contribution in [1.29, 1.82) is 0 Å². The lowest BCUT2D eigenvalue weighted by molar-refractivity contribution is -0.286. The molecule has 0 aliphatic carbocycles. The zero-order valence-corrected chi connectivity index (χ0v) is 21.1. The van der Waals surface area contributed by atoms with Gasteiger partial charge < -0.3 is 20.1 Å². The van der Waals surface area contributed by atoms with Gasteiger partial charge in [0.05, 0.1) is 5.56 Å². The van der Waals surface area contributed by atoms with Crippen molar-refractivity contribution in [3.05, 3.63) is 77.2 Å². The molecular formula is C27H20F5N7O2. The molecule has 1 saturated heterocycles. The van der Waals surface area contributed by atoms with Gasteiger partial charge in [-0.15, -0.1) is 13.9 Å². The van der Waals surface area contributed by atoms with Gasteiger partial charge in [-0.1, -0.05) is 18.2 Å². The van der Waals surface area contributed by atoms with Crippen LogP contribution in [-0.4, -0.2) is 44.0 Å². The largest absolute Gasteiger partial charge is 0.586 e. The molecule has 1 unspecified atom stereocenters. The third kappa shape index (κ3) is 4.39. The minimum absolute atomic E-state index is 0.0537. The predicted molar refractivity (Wildman–Crippen MR) is 137 cm³/mol. The van der Waals surface area contributed by atoms with Crippen molar-refractivity contribution in [2.24, 2.45) is 0 Å². The molecule has 0 spiro atoms. The molecule has 210 valence electrons. The van der Waals surface area contributed by atoms with Crippen molar-refractivity contribution in [2.45, 2.75) is 31.2 Å². The summed E-state index contributed by atoms with van der Waals surface area (Å²) in [6.07, 6.45) is -5.46. The molecular weight excluding hydrogens is 549 g/mol. The summed E-state index contributed by atoms with van der Waals surface area (Å²) < 4.78 is 76.8. The summed E-state index contributed by atoms with van der Waals surface area (Å²) in [5, 5.41) is 4.90. The number of nitrogen functional groups attached to an aromatic ring is 1.